The lowest BCUT2D eigenvalue weighted by Gasteiger charge is -2.40. The van der Waals surface area contributed by atoms with Gasteiger partial charge in [-0.3, -0.25) is 9.69 Å². The number of hydrogen-bond acceptors (Lipinski definition) is 4. The lowest BCUT2D eigenvalue weighted by molar-refractivity contribution is 0.0197. The van der Waals surface area contributed by atoms with Crippen molar-refractivity contribution in [3.8, 4) is 0 Å². The van der Waals surface area contributed by atoms with E-state index in [-0.39, 0.29) is 12.0 Å². The fourth-order valence-corrected chi connectivity index (χ4v) is 6.76. The predicted octanol–water partition coefficient (Wildman–Crippen LogP) is 6.09. The van der Waals surface area contributed by atoms with Crippen LogP contribution in [0.25, 0.3) is 0 Å². The minimum atomic E-state index is -0.477. The third kappa shape index (κ3) is 7.24. The number of amides is 2. The van der Waals surface area contributed by atoms with Gasteiger partial charge in [-0.05, 0) is 88.8 Å². The minimum Gasteiger partial charge on any atom is -0.444 e. The predicted molar refractivity (Wildman–Crippen MR) is 144 cm³/mol. The summed E-state index contributed by atoms with van der Waals surface area (Å²) in [4.78, 5) is 29.3. The first kappa shape index (κ1) is 27.0. The van der Waals surface area contributed by atoms with Gasteiger partial charge in [-0.15, -0.1) is 0 Å². The summed E-state index contributed by atoms with van der Waals surface area (Å²) < 4.78 is 5.79. The van der Waals surface area contributed by atoms with Gasteiger partial charge in [0.15, 0.2) is 0 Å². The number of benzene rings is 1. The van der Waals surface area contributed by atoms with Gasteiger partial charge in [-0.2, -0.15) is 0 Å². The number of rotatable bonds is 9. The molecule has 2 bridgehead atoms. The van der Waals surface area contributed by atoms with Crippen molar-refractivity contribution in [3.05, 3.63) is 35.4 Å². The third-order valence-electron chi connectivity index (χ3n) is 8.57. The van der Waals surface area contributed by atoms with Gasteiger partial charge in [0.05, 0.1) is 0 Å². The summed E-state index contributed by atoms with van der Waals surface area (Å²) in [7, 11) is 0. The van der Waals surface area contributed by atoms with Crippen LogP contribution in [0.4, 0.5) is 4.79 Å². The average Bonchev–Trinajstić information content (AvgIpc) is 3.07. The van der Waals surface area contributed by atoms with Crippen LogP contribution >= 0.6 is 0 Å². The molecule has 1 aliphatic carbocycles. The number of piperidine rings is 1. The van der Waals surface area contributed by atoms with Crippen molar-refractivity contribution < 1.29 is 14.3 Å². The summed E-state index contributed by atoms with van der Waals surface area (Å²) in [6, 6.07) is 8.95. The van der Waals surface area contributed by atoms with E-state index in [9.17, 15) is 9.59 Å². The average molecular weight is 498 g/mol. The first-order valence-electron chi connectivity index (χ1n) is 14.3. The highest BCUT2D eigenvalue weighted by Gasteiger charge is 2.41. The van der Waals surface area contributed by atoms with Crippen molar-refractivity contribution in [2.24, 2.45) is 11.7 Å². The van der Waals surface area contributed by atoms with Crippen LogP contribution in [0.3, 0.4) is 0 Å². The van der Waals surface area contributed by atoms with Crippen molar-refractivity contribution in [1.29, 1.82) is 0 Å². The van der Waals surface area contributed by atoms with Crippen LogP contribution in [-0.2, 0) is 4.74 Å². The number of primary amides is 1. The van der Waals surface area contributed by atoms with E-state index in [0.717, 1.165) is 44.8 Å². The Morgan fingerprint density at radius 3 is 2.36 bits per heavy atom. The summed E-state index contributed by atoms with van der Waals surface area (Å²) in [6.07, 6.45) is 13.6. The minimum absolute atomic E-state index is 0.170. The molecule has 0 spiro atoms. The summed E-state index contributed by atoms with van der Waals surface area (Å²) in [5.41, 5.74) is 6.88. The summed E-state index contributed by atoms with van der Waals surface area (Å²) in [6.45, 7) is 8.27. The van der Waals surface area contributed by atoms with Crippen molar-refractivity contribution in [1.82, 2.24) is 9.80 Å². The molecule has 0 radical (unpaired) electrons. The first-order valence-corrected chi connectivity index (χ1v) is 14.3. The second-order valence-corrected chi connectivity index (χ2v) is 12.4. The van der Waals surface area contributed by atoms with E-state index in [2.05, 4.69) is 11.0 Å². The highest BCUT2D eigenvalue weighted by molar-refractivity contribution is 5.92. The van der Waals surface area contributed by atoms with Gasteiger partial charge in [0.2, 0.25) is 5.91 Å². The lowest BCUT2D eigenvalue weighted by atomic mass is 9.84. The van der Waals surface area contributed by atoms with Crippen LogP contribution in [0.5, 0.6) is 0 Å². The summed E-state index contributed by atoms with van der Waals surface area (Å²) in [5, 5.41) is 0. The van der Waals surface area contributed by atoms with Crippen LogP contribution < -0.4 is 5.73 Å². The molecule has 2 N–H and O–H groups in total. The maximum absolute atomic E-state index is 13.1. The molecule has 1 aromatic carbocycles. The molecule has 4 rings (SSSR count). The fraction of sp³-hybridized carbons (Fsp3) is 0.733. The van der Waals surface area contributed by atoms with Crippen molar-refractivity contribution in [3.63, 3.8) is 0 Å². The number of fused-ring (bicyclic) bond motifs is 2. The second kappa shape index (κ2) is 12.0. The van der Waals surface area contributed by atoms with Crippen LogP contribution in [0.1, 0.15) is 113 Å². The molecule has 1 unspecified atom stereocenters. The lowest BCUT2D eigenvalue weighted by Crippen LogP contribution is -2.47. The molecule has 3 atom stereocenters. The molecule has 2 heterocycles. The van der Waals surface area contributed by atoms with Gasteiger partial charge in [0.25, 0.3) is 0 Å². The Kier molecular flexibility index (Phi) is 8.97. The van der Waals surface area contributed by atoms with Gasteiger partial charge in [-0.25, -0.2) is 4.79 Å². The molecule has 6 heteroatoms. The van der Waals surface area contributed by atoms with Gasteiger partial charge in [-0.1, -0.05) is 44.2 Å². The van der Waals surface area contributed by atoms with Gasteiger partial charge < -0.3 is 15.4 Å². The van der Waals surface area contributed by atoms with Crippen molar-refractivity contribution in [2.45, 2.75) is 115 Å². The molecule has 36 heavy (non-hydrogen) atoms. The summed E-state index contributed by atoms with van der Waals surface area (Å²) >= 11 is 0. The molecule has 2 aliphatic heterocycles. The fourth-order valence-electron chi connectivity index (χ4n) is 6.76. The SMILES string of the molecule is CC(C)(C)OC(=O)N(CCCC1CCCCC1)CCN1[C@@H]2CC[C@H]1CC(c1cccc(C(N)=O)c1)C2. The Balaban J connectivity index is 1.33. The molecular formula is C30H47N3O3. The first-order chi connectivity index (χ1) is 17.2. The zero-order valence-corrected chi connectivity index (χ0v) is 22.7. The normalized spacial score (nSPS) is 25.0. The maximum Gasteiger partial charge on any atom is 0.410 e. The Morgan fingerprint density at radius 1 is 1.03 bits per heavy atom. The second-order valence-electron chi connectivity index (χ2n) is 12.4. The standard InChI is InChI=1S/C30H47N3O3/c1-30(2,3)36-29(35)32(16-8-11-22-9-5-4-6-10-22)17-18-33-26-14-15-27(33)21-25(20-26)23-12-7-13-24(19-23)28(31)34/h7,12-13,19,22,25-27H,4-6,8-11,14-18,20-21H2,1-3H3,(H2,31,34)/t25?,26-,27+. The van der Waals surface area contributed by atoms with E-state index in [1.807, 2.05) is 37.8 Å². The molecule has 2 saturated heterocycles. The van der Waals surface area contributed by atoms with E-state index in [4.69, 9.17) is 10.5 Å². The van der Waals surface area contributed by atoms with E-state index < -0.39 is 5.60 Å². The molecule has 2 amide bonds. The van der Waals surface area contributed by atoms with Gasteiger partial charge >= 0.3 is 6.09 Å². The smallest absolute Gasteiger partial charge is 0.410 e. The number of nitrogens with zero attached hydrogens (tertiary/aromatic N) is 2. The third-order valence-corrected chi connectivity index (χ3v) is 8.57. The Bertz CT molecular complexity index is 876. The molecular weight excluding hydrogens is 450 g/mol. The topological polar surface area (TPSA) is 75.9 Å². The van der Waals surface area contributed by atoms with Gasteiger partial charge in [0, 0.05) is 37.3 Å². The van der Waals surface area contributed by atoms with Crippen molar-refractivity contribution >= 4 is 12.0 Å². The zero-order valence-electron chi connectivity index (χ0n) is 22.7. The molecule has 3 aliphatic rings. The molecule has 6 nitrogen and oxygen atoms in total. The highest BCUT2D eigenvalue weighted by atomic mass is 16.6. The molecule has 200 valence electrons. The van der Waals surface area contributed by atoms with Crippen molar-refractivity contribution in [2.75, 3.05) is 19.6 Å². The van der Waals surface area contributed by atoms with E-state index in [1.165, 1.54) is 56.9 Å². The number of nitrogens with two attached hydrogens (primary N) is 1. The monoisotopic (exact) mass is 497 g/mol. The Morgan fingerprint density at radius 2 is 1.72 bits per heavy atom. The number of ether oxygens (including phenoxy) is 1. The Hall–Kier alpha value is -2.08. The van der Waals surface area contributed by atoms with E-state index >= 15 is 0 Å². The molecule has 0 aromatic heterocycles. The molecule has 1 saturated carbocycles. The number of hydrogen-bond donors (Lipinski definition) is 1. The van der Waals surface area contributed by atoms with E-state index in [1.54, 1.807) is 6.07 Å². The van der Waals surface area contributed by atoms with Crippen LogP contribution in [0.15, 0.2) is 24.3 Å². The maximum atomic E-state index is 13.1. The van der Waals surface area contributed by atoms with Crippen LogP contribution in [0.2, 0.25) is 0 Å². The number of carbonyl (C=O) groups is 2. The Labute approximate surface area is 217 Å². The largest absolute Gasteiger partial charge is 0.444 e. The summed E-state index contributed by atoms with van der Waals surface area (Å²) in [5.74, 6) is 0.945. The molecule has 3 fully saturated rings. The van der Waals surface area contributed by atoms with E-state index in [0.29, 0.717) is 23.6 Å². The molecule has 1 aromatic rings. The van der Waals surface area contributed by atoms with Gasteiger partial charge in [0.1, 0.15) is 5.60 Å². The quantitative estimate of drug-likeness (QED) is 0.448. The zero-order chi connectivity index (χ0) is 25.7. The van der Waals surface area contributed by atoms with Crippen LogP contribution in [0, 0.1) is 5.92 Å². The van der Waals surface area contributed by atoms with Crippen LogP contribution in [-0.4, -0.2) is 59.1 Å². The number of carbonyl (C=O) groups excluding carboxylic acids is 2. The highest BCUT2D eigenvalue weighted by Crippen LogP contribution is 2.43.